The lowest BCUT2D eigenvalue weighted by molar-refractivity contribution is 0.0950. The van der Waals surface area contributed by atoms with Gasteiger partial charge < -0.3 is 10.4 Å². The van der Waals surface area contributed by atoms with Crippen LogP contribution in [0.5, 0.6) is 0 Å². The van der Waals surface area contributed by atoms with Crippen LogP contribution in [0.15, 0.2) is 12.1 Å². The molecule has 0 aliphatic heterocycles. The molecule has 1 aliphatic carbocycles. The summed E-state index contributed by atoms with van der Waals surface area (Å²) in [6.45, 7) is 10.1. The number of hydrogen-bond donors (Lipinski definition) is 2. The Bertz CT molecular complexity index is 667. The second-order valence-electron chi connectivity index (χ2n) is 10.4. The summed E-state index contributed by atoms with van der Waals surface area (Å²) in [5, 5.41) is 11.9. The first-order chi connectivity index (χ1) is 14.9. The van der Waals surface area contributed by atoms with E-state index in [9.17, 15) is 4.79 Å². The number of nitrogens with one attached hydrogen (secondary N) is 1. The number of hydrogen-bond acceptors (Lipinski definition) is 2. The maximum atomic E-state index is 12.6. The molecule has 0 saturated carbocycles. The summed E-state index contributed by atoms with van der Waals surface area (Å²) in [6.07, 6.45) is 14.4. The molecule has 0 radical (unpaired) electrons. The fraction of sp³-hybridized carbons (Fsp3) is 0.750. The summed E-state index contributed by atoms with van der Waals surface area (Å²) in [7, 11) is 0. The SMILES string of the molecule is CC(C)CCCC(C)CCCC(C)Cc1ccc(C(=O)NCCCO)c2c1CCCC2. The molecule has 0 saturated heterocycles. The van der Waals surface area contributed by atoms with Crippen molar-refractivity contribution in [2.24, 2.45) is 17.8 Å². The lowest BCUT2D eigenvalue weighted by Crippen LogP contribution is -2.27. The molecule has 2 atom stereocenters. The van der Waals surface area contributed by atoms with Crippen LogP contribution in [0, 0.1) is 17.8 Å². The molecule has 176 valence electrons. The molecule has 1 aliphatic rings. The number of fused-ring (bicyclic) bond motifs is 1. The molecule has 1 aromatic carbocycles. The third-order valence-corrected chi connectivity index (χ3v) is 6.94. The highest BCUT2D eigenvalue weighted by atomic mass is 16.3. The summed E-state index contributed by atoms with van der Waals surface area (Å²) < 4.78 is 0. The van der Waals surface area contributed by atoms with Crippen LogP contribution < -0.4 is 5.32 Å². The van der Waals surface area contributed by atoms with Crippen LogP contribution in [-0.4, -0.2) is 24.2 Å². The zero-order chi connectivity index (χ0) is 22.6. The standard InChI is InChI=1S/C28H47NO2/c1-21(2)10-7-11-22(3)12-8-13-23(4)20-24-16-17-27(28(31)29-18-9-19-30)26-15-6-5-14-25(24)26/h16-17,21-23,30H,5-15,18-20H2,1-4H3,(H,29,31). The minimum atomic E-state index is 0.0256. The first-order valence-electron chi connectivity index (χ1n) is 12.9. The molecule has 2 N–H and O–H groups in total. The fourth-order valence-corrected chi connectivity index (χ4v) is 5.03. The minimum Gasteiger partial charge on any atom is -0.396 e. The first-order valence-corrected chi connectivity index (χ1v) is 12.9. The van der Waals surface area contributed by atoms with Crippen LogP contribution in [-0.2, 0) is 19.3 Å². The van der Waals surface area contributed by atoms with Gasteiger partial charge in [-0.1, -0.05) is 72.3 Å². The second-order valence-corrected chi connectivity index (χ2v) is 10.4. The predicted octanol–water partition coefficient (Wildman–Crippen LogP) is 6.49. The summed E-state index contributed by atoms with van der Waals surface area (Å²) in [5.41, 5.74) is 5.07. The van der Waals surface area contributed by atoms with Gasteiger partial charge in [-0.2, -0.15) is 0 Å². The van der Waals surface area contributed by atoms with Crippen LogP contribution in [0.1, 0.15) is 113 Å². The fourth-order valence-electron chi connectivity index (χ4n) is 5.03. The largest absolute Gasteiger partial charge is 0.396 e. The number of aliphatic hydroxyl groups is 1. The smallest absolute Gasteiger partial charge is 0.251 e. The monoisotopic (exact) mass is 429 g/mol. The second kappa shape index (κ2) is 13.9. The molecule has 0 heterocycles. The molecule has 2 rings (SSSR count). The maximum Gasteiger partial charge on any atom is 0.251 e. The number of rotatable bonds is 14. The molecule has 31 heavy (non-hydrogen) atoms. The lowest BCUT2D eigenvalue weighted by Gasteiger charge is -2.24. The summed E-state index contributed by atoms with van der Waals surface area (Å²) in [6, 6.07) is 4.27. The van der Waals surface area contributed by atoms with Crippen LogP contribution in [0.25, 0.3) is 0 Å². The molecular weight excluding hydrogens is 382 g/mol. The molecule has 0 fully saturated rings. The Balaban J connectivity index is 1.89. The Morgan fingerprint density at radius 2 is 1.55 bits per heavy atom. The van der Waals surface area contributed by atoms with Crippen molar-refractivity contribution in [1.82, 2.24) is 5.32 Å². The van der Waals surface area contributed by atoms with Gasteiger partial charge in [0.05, 0.1) is 0 Å². The third-order valence-electron chi connectivity index (χ3n) is 6.94. The maximum absolute atomic E-state index is 12.6. The van der Waals surface area contributed by atoms with Crippen LogP contribution >= 0.6 is 0 Å². The number of aliphatic hydroxyl groups excluding tert-OH is 1. The average Bonchev–Trinajstić information content (AvgIpc) is 2.73. The van der Waals surface area contributed by atoms with Gasteiger partial charge in [-0.25, -0.2) is 0 Å². The van der Waals surface area contributed by atoms with Gasteiger partial charge in [0, 0.05) is 18.7 Å². The van der Waals surface area contributed by atoms with Crippen molar-refractivity contribution in [2.75, 3.05) is 13.2 Å². The van der Waals surface area contributed by atoms with Gasteiger partial charge >= 0.3 is 0 Å². The van der Waals surface area contributed by atoms with Crippen molar-refractivity contribution in [2.45, 2.75) is 105 Å². The molecule has 1 aromatic rings. The van der Waals surface area contributed by atoms with Crippen LogP contribution in [0.4, 0.5) is 0 Å². The van der Waals surface area contributed by atoms with Gasteiger partial charge in [0.2, 0.25) is 0 Å². The number of benzene rings is 1. The predicted molar refractivity (Wildman–Crippen MR) is 132 cm³/mol. The molecular formula is C28H47NO2. The Morgan fingerprint density at radius 1 is 0.903 bits per heavy atom. The van der Waals surface area contributed by atoms with Crippen LogP contribution in [0.2, 0.25) is 0 Å². The highest BCUT2D eigenvalue weighted by Crippen LogP contribution is 2.30. The molecule has 3 nitrogen and oxygen atoms in total. The van der Waals surface area contributed by atoms with E-state index < -0.39 is 0 Å². The molecule has 0 bridgehead atoms. The first kappa shape index (κ1) is 25.9. The number of carbonyl (C=O) groups excluding carboxylic acids is 1. The average molecular weight is 430 g/mol. The van der Waals surface area contributed by atoms with Gasteiger partial charge in [-0.05, 0) is 79.0 Å². The van der Waals surface area contributed by atoms with E-state index in [0.717, 1.165) is 36.7 Å². The highest BCUT2D eigenvalue weighted by Gasteiger charge is 2.21. The van der Waals surface area contributed by atoms with Crippen molar-refractivity contribution in [3.05, 3.63) is 34.4 Å². The van der Waals surface area contributed by atoms with E-state index in [2.05, 4.69) is 45.1 Å². The Kier molecular flexibility index (Phi) is 11.6. The van der Waals surface area contributed by atoms with E-state index >= 15 is 0 Å². The zero-order valence-corrected chi connectivity index (χ0v) is 20.6. The molecule has 2 unspecified atom stereocenters. The lowest BCUT2D eigenvalue weighted by atomic mass is 9.82. The molecule has 3 heteroatoms. The summed E-state index contributed by atoms with van der Waals surface area (Å²) in [5.74, 6) is 2.40. The van der Waals surface area contributed by atoms with Crippen LogP contribution in [0.3, 0.4) is 0 Å². The van der Waals surface area contributed by atoms with Crippen molar-refractivity contribution in [1.29, 1.82) is 0 Å². The van der Waals surface area contributed by atoms with E-state index in [0.29, 0.717) is 18.9 Å². The highest BCUT2D eigenvalue weighted by molar-refractivity contribution is 5.96. The number of amides is 1. The van der Waals surface area contributed by atoms with Gasteiger partial charge in [0.25, 0.3) is 5.91 Å². The minimum absolute atomic E-state index is 0.0256. The number of carbonyl (C=O) groups is 1. The van der Waals surface area contributed by atoms with Crippen molar-refractivity contribution in [3.63, 3.8) is 0 Å². The van der Waals surface area contributed by atoms with Gasteiger partial charge in [0.1, 0.15) is 0 Å². The third kappa shape index (κ3) is 8.96. The quantitative estimate of drug-likeness (QED) is 0.332. The van der Waals surface area contributed by atoms with E-state index in [4.69, 9.17) is 5.11 Å². The van der Waals surface area contributed by atoms with E-state index in [1.54, 1.807) is 0 Å². The van der Waals surface area contributed by atoms with E-state index in [1.807, 2.05) is 0 Å². The molecule has 0 spiro atoms. The summed E-state index contributed by atoms with van der Waals surface area (Å²) >= 11 is 0. The van der Waals surface area contributed by atoms with Gasteiger partial charge in [-0.3, -0.25) is 4.79 Å². The summed E-state index contributed by atoms with van der Waals surface area (Å²) in [4.78, 5) is 12.6. The Labute approximate surface area is 191 Å². The van der Waals surface area contributed by atoms with E-state index in [-0.39, 0.29) is 12.5 Å². The van der Waals surface area contributed by atoms with Gasteiger partial charge in [-0.15, -0.1) is 0 Å². The van der Waals surface area contributed by atoms with Gasteiger partial charge in [0.15, 0.2) is 0 Å². The Morgan fingerprint density at radius 3 is 2.23 bits per heavy atom. The normalized spacial score (nSPS) is 15.5. The topological polar surface area (TPSA) is 49.3 Å². The molecule has 1 amide bonds. The zero-order valence-electron chi connectivity index (χ0n) is 20.6. The van der Waals surface area contributed by atoms with Crippen molar-refractivity contribution in [3.8, 4) is 0 Å². The molecule has 0 aromatic heterocycles. The Hall–Kier alpha value is -1.35. The van der Waals surface area contributed by atoms with Crippen molar-refractivity contribution >= 4 is 5.91 Å². The van der Waals surface area contributed by atoms with Crippen molar-refractivity contribution < 1.29 is 9.90 Å². The van der Waals surface area contributed by atoms with E-state index in [1.165, 1.54) is 68.1 Å².